The molecule has 5 nitrogen and oxygen atoms in total. The maximum absolute atomic E-state index is 13.4. The minimum atomic E-state index is -3.57. The first-order valence-electron chi connectivity index (χ1n) is 11.0. The molecular weight excluding hydrogens is 408 g/mol. The van der Waals surface area contributed by atoms with E-state index >= 15 is 0 Å². The minimum Gasteiger partial charge on any atom is -0.352 e. The molecule has 1 aliphatic rings. The van der Waals surface area contributed by atoms with Crippen molar-refractivity contribution in [1.29, 1.82) is 0 Å². The topological polar surface area (TPSA) is 68.2 Å². The third-order valence-electron chi connectivity index (χ3n) is 6.22. The van der Waals surface area contributed by atoms with Crippen molar-refractivity contribution in [3.8, 4) is 0 Å². The first-order chi connectivity index (χ1) is 14.8. The lowest BCUT2D eigenvalue weighted by Gasteiger charge is -2.22. The number of benzene rings is 2. The number of para-hydroxylation sites is 1. The lowest BCUT2D eigenvalue weighted by Crippen LogP contribution is -2.38. The van der Waals surface area contributed by atoms with Gasteiger partial charge in [-0.05, 0) is 43.9 Å². The number of carbonyl (C=O) groups is 1. The Kier molecular flexibility index (Phi) is 6.19. The molecule has 1 N–H and O–H groups in total. The van der Waals surface area contributed by atoms with Crippen LogP contribution in [-0.4, -0.2) is 24.9 Å². The number of hydrogen-bond acceptors (Lipinski definition) is 3. The number of amides is 1. The molecule has 6 heteroatoms. The Morgan fingerprint density at radius 2 is 1.81 bits per heavy atom. The molecule has 1 fully saturated rings. The first-order valence-corrected chi connectivity index (χ1v) is 12.6. The van der Waals surface area contributed by atoms with E-state index < -0.39 is 9.84 Å². The second kappa shape index (κ2) is 8.87. The number of aromatic nitrogens is 1. The fraction of sp³-hybridized carbons (Fsp3) is 0.400. The molecule has 0 bridgehead atoms. The number of aryl methyl sites for hydroxylation is 2. The van der Waals surface area contributed by atoms with Crippen molar-refractivity contribution in [2.24, 2.45) is 0 Å². The number of carbonyl (C=O) groups excluding carboxylic acids is 1. The molecule has 3 aromatic rings. The molecule has 31 heavy (non-hydrogen) atoms. The smallest absolute Gasteiger partial charge is 0.240 e. The normalized spacial score (nSPS) is 15.3. The van der Waals surface area contributed by atoms with E-state index in [2.05, 4.69) is 5.32 Å². The van der Waals surface area contributed by atoms with Crippen molar-refractivity contribution in [1.82, 2.24) is 9.88 Å². The molecular formula is C25H30N2O3S. The molecule has 1 aromatic heterocycles. The van der Waals surface area contributed by atoms with Crippen LogP contribution in [0.4, 0.5) is 0 Å². The third kappa shape index (κ3) is 4.85. The predicted octanol–water partition coefficient (Wildman–Crippen LogP) is 4.68. The highest BCUT2D eigenvalue weighted by Crippen LogP contribution is 2.29. The quantitative estimate of drug-likeness (QED) is 0.608. The van der Waals surface area contributed by atoms with Crippen LogP contribution >= 0.6 is 0 Å². The van der Waals surface area contributed by atoms with Crippen LogP contribution in [-0.2, 0) is 26.9 Å². The maximum atomic E-state index is 13.4. The van der Waals surface area contributed by atoms with Crippen LogP contribution in [0.3, 0.4) is 0 Å². The van der Waals surface area contributed by atoms with E-state index in [1.54, 1.807) is 10.8 Å². The third-order valence-corrected chi connectivity index (χ3v) is 7.91. The van der Waals surface area contributed by atoms with E-state index in [0.29, 0.717) is 5.39 Å². The molecule has 2 aromatic carbocycles. The van der Waals surface area contributed by atoms with Gasteiger partial charge in [-0.1, -0.05) is 61.2 Å². The Balaban J connectivity index is 1.62. The number of nitrogens with zero attached hydrogens (tertiary/aromatic N) is 1. The van der Waals surface area contributed by atoms with Crippen LogP contribution in [0.2, 0.25) is 0 Å². The van der Waals surface area contributed by atoms with Crippen molar-refractivity contribution < 1.29 is 13.2 Å². The van der Waals surface area contributed by atoms with Gasteiger partial charge in [0.2, 0.25) is 5.91 Å². The van der Waals surface area contributed by atoms with Crippen molar-refractivity contribution in [2.45, 2.75) is 69.2 Å². The molecule has 1 saturated carbocycles. The fourth-order valence-corrected chi connectivity index (χ4v) is 6.18. The van der Waals surface area contributed by atoms with Gasteiger partial charge in [0.25, 0.3) is 0 Å². The Labute approximate surface area is 184 Å². The minimum absolute atomic E-state index is 0.0528. The van der Waals surface area contributed by atoms with E-state index in [-0.39, 0.29) is 29.1 Å². The van der Waals surface area contributed by atoms with Crippen LogP contribution in [0.1, 0.15) is 48.8 Å². The summed E-state index contributed by atoms with van der Waals surface area (Å²) < 4.78 is 28.5. The first kappa shape index (κ1) is 21.6. The van der Waals surface area contributed by atoms with Gasteiger partial charge in [0, 0.05) is 23.1 Å². The van der Waals surface area contributed by atoms with E-state index in [0.717, 1.165) is 47.9 Å². The van der Waals surface area contributed by atoms with Gasteiger partial charge in [-0.2, -0.15) is 0 Å². The summed E-state index contributed by atoms with van der Waals surface area (Å²) in [6.45, 7) is 4.02. The number of sulfone groups is 1. The molecule has 0 radical (unpaired) electrons. The summed E-state index contributed by atoms with van der Waals surface area (Å²) in [7, 11) is -3.57. The van der Waals surface area contributed by atoms with Crippen LogP contribution in [0.5, 0.6) is 0 Å². The molecule has 1 amide bonds. The Morgan fingerprint density at radius 3 is 2.58 bits per heavy atom. The summed E-state index contributed by atoms with van der Waals surface area (Å²) in [5.74, 6) is -0.117. The fourth-order valence-electron chi connectivity index (χ4n) is 4.50. The Morgan fingerprint density at radius 1 is 1.06 bits per heavy atom. The van der Waals surface area contributed by atoms with Gasteiger partial charge in [0.15, 0.2) is 9.84 Å². The number of hydrogen-bond donors (Lipinski definition) is 1. The monoisotopic (exact) mass is 438 g/mol. The second-order valence-corrected chi connectivity index (χ2v) is 10.7. The standard InChI is InChI=1S/C25H30N2O3S/c1-18-12-13-19(2)20(14-18)17-31(29,30)24-15-27(23-11-7-6-10-22(23)24)16-25(28)26-21-8-4-3-5-9-21/h6-7,10-15,21H,3-5,8-9,16-17H2,1-2H3,(H,26,28). The van der Waals surface area contributed by atoms with Crippen molar-refractivity contribution in [3.05, 3.63) is 65.4 Å². The number of nitrogens with one attached hydrogen (secondary N) is 1. The maximum Gasteiger partial charge on any atom is 0.240 e. The molecule has 0 aliphatic heterocycles. The average Bonchev–Trinajstić information content (AvgIpc) is 3.11. The average molecular weight is 439 g/mol. The van der Waals surface area contributed by atoms with Gasteiger partial charge >= 0.3 is 0 Å². The number of rotatable bonds is 6. The molecule has 164 valence electrons. The molecule has 0 atom stereocenters. The van der Waals surface area contributed by atoms with Gasteiger partial charge in [0.1, 0.15) is 6.54 Å². The van der Waals surface area contributed by atoms with Crippen molar-refractivity contribution in [2.75, 3.05) is 0 Å². The second-order valence-electron chi connectivity index (χ2n) is 8.73. The molecule has 1 heterocycles. The highest BCUT2D eigenvalue weighted by molar-refractivity contribution is 7.90. The van der Waals surface area contributed by atoms with Crippen LogP contribution < -0.4 is 5.32 Å². The highest BCUT2D eigenvalue weighted by atomic mass is 32.2. The predicted molar refractivity (Wildman–Crippen MR) is 124 cm³/mol. The van der Waals surface area contributed by atoms with Crippen molar-refractivity contribution in [3.63, 3.8) is 0 Å². The number of fused-ring (bicyclic) bond motifs is 1. The lowest BCUT2D eigenvalue weighted by molar-refractivity contribution is -0.122. The van der Waals surface area contributed by atoms with Crippen LogP contribution in [0.25, 0.3) is 10.9 Å². The summed E-state index contributed by atoms with van der Waals surface area (Å²) in [6, 6.07) is 13.5. The molecule has 0 unspecified atom stereocenters. The summed E-state index contributed by atoms with van der Waals surface area (Å²) >= 11 is 0. The molecule has 4 rings (SSSR count). The largest absolute Gasteiger partial charge is 0.352 e. The molecule has 0 saturated heterocycles. The molecule has 1 aliphatic carbocycles. The summed E-state index contributed by atoms with van der Waals surface area (Å²) in [6.07, 6.45) is 7.21. The Bertz CT molecular complexity index is 1200. The van der Waals surface area contributed by atoms with Gasteiger partial charge < -0.3 is 9.88 Å². The van der Waals surface area contributed by atoms with E-state index in [1.807, 2.05) is 56.3 Å². The van der Waals surface area contributed by atoms with E-state index in [1.165, 1.54) is 6.42 Å². The summed E-state index contributed by atoms with van der Waals surface area (Å²) in [4.78, 5) is 13.0. The zero-order valence-corrected chi connectivity index (χ0v) is 19.0. The summed E-state index contributed by atoms with van der Waals surface area (Å²) in [5.41, 5.74) is 3.58. The summed E-state index contributed by atoms with van der Waals surface area (Å²) in [5, 5.41) is 3.79. The van der Waals surface area contributed by atoms with Crippen LogP contribution in [0.15, 0.2) is 53.6 Å². The van der Waals surface area contributed by atoms with Gasteiger partial charge in [-0.25, -0.2) is 8.42 Å². The molecule has 0 spiro atoms. The van der Waals surface area contributed by atoms with Gasteiger partial charge in [-0.15, -0.1) is 0 Å². The zero-order chi connectivity index (χ0) is 22.0. The Hall–Kier alpha value is -2.60. The van der Waals surface area contributed by atoms with Gasteiger partial charge in [0.05, 0.1) is 10.6 Å². The van der Waals surface area contributed by atoms with E-state index in [9.17, 15) is 13.2 Å². The lowest BCUT2D eigenvalue weighted by atomic mass is 9.95. The zero-order valence-electron chi connectivity index (χ0n) is 18.2. The SMILES string of the molecule is Cc1ccc(C)c(CS(=O)(=O)c2cn(CC(=O)NC3CCCCC3)c3ccccc23)c1. The van der Waals surface area contributed by atoms with E-state index in [4.69, 9.17) is 0 Å². The van der Waals surface area contributed by atoms with Crippen molar-refractivity contribution >= 4 is 26.6 Å². The van der Waals surface area contributed by atoms with Gasteiger partial charge in [-0.3, -0.25) is 4.79 Å². The highest BCUT2D eigenvalue weighted by Gasteiger charge is 2.24. The van der Waals surface area contributed by atoms with Crippen LogP contribution in [0, 0.1) is 13.8 Å².